The maximum atomic E-state index is 13.3. The summed E-state index contributed by atoms with van der Waals surface area (Å²) in [5.41, 5.74) is 3.02. The minimum Gasteiger partial charge on any atom is -0.340 e. The van der Waals surface area contributed by atoms with Gasteiger partial charge in [0.1, 0.15) is 5.82 Å². The second-order valence-corrected chi connectivity index (χ2v) is 10.7. The van der Waals surface area contributed by atoms with E-state index in [4.69, 9.17) is 0 Å². The van der Waals surface area contributed by atoms with Crippen molar-refractivity contribution >= 4 is 17.6 Å². The molecule has 1 aliphatic rings. The van der Waals surface area contributed by atoms with E-state index in [0.717, 1.165) is 31.2 Å². The van der Waals surface area contributed by atoms with Crippen molar-refractivity contribution in [2.45, 2.75) is 45.1 Å². The predicted molar refractivity (Wildman–Crippen MR) is 152 cm³/mol. The molecule has 2 aromatic heterocycles. The Morgan fingerprint density at radius 3 is 2.19 bits per heavy atom. The number of carbonyl (C=O) groups excluding carboxylic acids is 2. The summed E-state index contributed by atoms with van der Waals surface area (Å²) < 4.78 is 16.4. The minimum atomic E-state index is -0.355. The number of nitrogens with one attached hydrogen (secondary N) is 2. The topological polar surface area (TPSA) is 149 Å². The van der Waals surface area contributed by atoms with Gasteiger partial charge in [0.15, 0.2) is 11.6 Å². The number of urea groups is 1. The molecule has 0 aliphatic carbocycles. The first kappa shape index (κ1) is 28.8. The highest BCUT2D eigenvalue weighted by Gasteiger charge is 2.29. The van der Waals surface area contributed by atoms with Crippen LogP contribution in [-0.4, -0.2) is 76.4 Å². The predicted octanol–water partition coefficient (Wildman–Crippen LogP) is 2.98. The van der Waals surface area contributed by atoms with Crippen molar-refractivity contribution in [3.63, 3.8) is 0 Å². The van der Waals surface area contributed by atoms with Crippen LogP contribution in [0.15, 0.2) is 42.5 Å². The molecule has 2 atom stereocenters. The number of amides is 3. The normalized spacial score (nSPS) is 16.8. The van der Waals surface area contributed by atoms with Crippen molar-refractivity contribution in [2.75, 3.05) is 18.4 Å². The molecule has 2 aromatic carbocycles. The summed E-state index contributed by atoms with van der Waals surface area (Å²) in [6, 6.07) is 11.8. The SMILES string of the molecule is CC(=O)N1CC[C@@H](Cc2ccc(F)cc2)C[C@@H]1CCCNC(=O)Nc1cc(-c2nnnn2C)cc(-c2nnnn2C)c1. The van der Waals surface area contributed by atoms with Crippen LogP contribution in [0.5, 0.6) is 0 Å². The Morgan fingerprint density at radius 2 is 1.62 bits per heavy atom. The number of rotatable bonds is 9. The summed E-state index contributed by atoms with van der Waals surface area (Å²) in [6.07, 6.45) is 4.15. The third-order valence-corrected chi connectivity index (χ3v) is 7.61. The first-order valence-corrected chi connectivity index (χ1v) is 13.9. The summed E-state index contributed by atoms with van der Waals surface area (Å²) in [5, 5.41) is 29.2. The first-order valence-electron chi connectivity index (χ1n) is 13.9. The van der Waals surface area contributed by atoms with Crippen LogP contribution in [0.2, 0.25) is 0 Å². The maximum Gasteiger partial charge on any atom is 0.319 e. The monoisotopic (exact) mass is 575 g/mol. The van der Waals surface area contributed by atoms with E-state index in [1.807, 2.05) is 23.1 Å². The molecule has 0 saturated carbocycles. The van der Waals surface area contributed by atoms with E-state index < -0.39 is 0 Å². The van der Waals surface area contributed by atoms with Crippen molar-refractivity contribution in [1.82, 2.24) is 50.6 Å². The molecule has 3 heterocycles. The molecule has 5 rings (SSSR count). The van der Waals surface area contributed by atoms with Gasteiger partial charge < -0.3 is 15.5 Å². The zero-order valence-corrected chi connectivity index (χ0v) is 23.9. The Bertz CT molecular complexity index is 1480. The van der Waals surface area contributed by atoms with Gasteiger partial charge in [0.25, 0.3) is 0 Å². The number of likely N-dealkylation sites (tertiary alicyclic amines) is 1. The number of nitrogens with zero attached hydrogens (tertiary/aromatic N) is 9. The van der Waals surface area contributed by atoms with Crippen molar-refractivity contribution in [1.29, 1.82) is 0 Å². The second kappa shape index (κ2) is 12.8. The Labute approximate surface area is 242 Å². The smallest absolute Gasteiger partial charge is 0.319 e. The molecular weight excluding hydrogens is 541 g/mol. The summed E-state index contributed by atoms with van der Waals surface area (Å²) in [6.45, 7) is 2.76. The zero-order valence-electron chi connectivity index (χ0n) is 23.9. The van der Waals surface area contributed by atoms with Gasteiger partial charge in [-0.1, -0.05) is 12.1 Å². The first-order chi connectivity index (χ1) is 20.3. The lowest BCUT2D eigenvalue weighted by Gasteiger charge is -2.39. The molecule has 0 spiro atoms. The molecule has 0 bridgehead atoms. The molecule has 13 nitrogen and oxygen atoms in total. The van der Waals surface area contributed by atoms with Gasteiger partial charge >= 0.3 is 6.03 Å². The number of hydrogen-bond acceptors (Lipinski definition) is 8. The minimum absolute atomic E-state index is 0.0674. The largest absolute Gasteiger partial charge is 0.340 e. The maximum absolute atomic E-state index is 13.3. The van der Waals surface area contributed by atoms with Gasteiger partial charge in [0.2, 0.25) is 5.91 Å². The van der Waals surface area contributed by atoms with Crippen LogP contribution >= 0.6 is 0 Å². The molecule has 4 aromatic rings. The third kappa shape index (κ3) is 6.93. The Kier molecular flexibility index (Phi) is 8.79. The van der Waals surface area contributed by atoms with Crippen LogP contribution in [0.1, 0.15) is 38.2 Å². The van der Waals surface area contributed by atoms with Crippen LogP contribution in [0.4, 0.5) is 14.9 Å². The van der Waals surface area contributed by atoms with E-state index in [1.165, 1.54) is 21.5 Å². The second-order valence-electron chi connectivity index (χ2n) is 10.7. The molecule has 14 heteroatoms. The Morgan fingerprint density at radius 1 is 0.976 bits per heavy atom. The van der Waals surface area contributed by atoms with E-state index in [-0.39, 0.29) is 23.8 Å². The highest BCUT2D eigenvalue weighted by molar-refractivity contribution is 5.91. The fourth-order valence-electron chi connectivity index (χ4n) is 5.58. The zero-order chi connectivity index (χ0) is 29.6. The number of aryl methyl sites for hydroxylation is 2. The highest BCUT2D eigenvalue weighted by atomic mass is 19.1. The fourth-order valence-corrected chi connectivity index (χ4v) is 5.58. The number of anilines is 1. The van der Waals surface area contributed by atoms with Gasteiger partial charge in [0.05, 0.1) is 0 Å². The Hall–Kier alpha value is -4.75. The lowest BCUT2D eigenvalue weighted by Crippen LogP contribution is -2.45. The molecule has 3 amide bonds. The number of aromatic nitrogens is 8. The molecular formula is C28H34FN11O2. The van der Waals surface area contributed by atoms with Gasteiger partial charge in [0, 0.05) is 57.0 Å². The van der Waals surface area contributed by atoms with Crippen LogP contribution in [0, 0.1) is 11.7 Å². The summed E-state index contributed by atoms with van der Waals surface area (Å²) in [7, 11) is 3.46. The molecule has 42 heavy (non-hydrogen) atoms. The number of hydrogen-bond donors (Lipinski definition) is 2. The number of carbonyl (C=O) groups is 2. The number of benzene rings is 2. The lowest BCUT2D eigenvalue weighted by atomic mass is 9.84. The standard InChI is InChI=1S/C28H34FN11O2/c1-18(41)40-12-10-20(13-19-6-8-23(29)9-7-19)14-25(40)5-4-11-30-28(42)31-24-16-21(26-32-34-36-38(26)2)15-22(17-24)27-33-35-37-39(27)3/h6-9,15-17,20,25H,4-5,10-14H2,1-3H3,(H2,30,31,42)/t20-,25-/m0/s1. The number of piperidine rings is 1. The molecule has 1 aliphatic heterocycles. The highest BCUT2D eigenvalue weighted by Crippen LogP contribution is 2.29. The van der Waals surface area contributed by atoms with E-state index >= 15 is 0 Å². The van der Waals surface area contributed by atoms with Gasteiger partial charge in [-0.25, -0.2) is 18.5 Å². The van der Waals surface area contributed by atoms with Crippen LogP contribution in [0.25, 0.3) is 22.8 Å². The van der Waals surface area contributed by atoms with Gasteiger partial charge in [-0.2, -0.15) is 0 Å². The molecule has 0 unspecified atom stereocenters. The molecule has 2 N–H and O–H groups in total. The van der Waals surface area contributed by atoms with E-state index in [2.05, 4.69) is 41.7 Å². The summed E-state index contributed by atoms with van der Waals surface area (Å²) in [4.78, 5) is 27.1. The summed E-state index contributed by atoms with van der Waals surface area (Å²) in [5.74, 6) is 1.30. The van der Waals surface area contributed by atoms with Crippen LogP contribution < -0.4 is 10.6 Å². The average Bonchev–Trinajstić information content (AvgIpc) is 3.60. The van der Waals surface area contributed by atoms with Crippen molar-refractivity contribution in [3.8, 4) is 22.8 Å². The third-order valence-electron chi connectivity index (χ3n) is 7.61. The molecule has 220 valence electrons. The molecule has 1 fully saturated rings. The lowest BCUT2D eigenvalue weighted by molar-refractivity contribution is -0.133. The van der Waals surface area contributed by atoms with Crippen molar-refractivity contribution in [3.05, 3.63) is 53.8 Å². The van der Waals surface area contributed by atoms with Crippen molar-refractivity contribution < 1.29 is 14.0 Å². The van der Waals surface area contributed by atoms with Crippen molar-refractivity contribution in [2.24, 2.45) is 20.0 Å². The van der Waals surface area contributed by atoms with Gasteiger partial charge in [-0.3, -0.25) is 4.79 Å². The van der Waals surface area contributed by atoms with Crippen LogP contribution in [-0.2, 0) is 25.3 Å². The number of tetrazole rings is 2. The number of halogens is 1. The van der Waals surface area contributed by atoms with E-state index in [9.17, 15) is 14.0 Å². The quantitative estimate of drug-likeness (QED) is 0.290. The summed E-state index contributed by atoms with van der Waals surface area (Å²) >= 11 is 0. The molecule has 0 radical (unpaired) electrons. The fraction of sp³-hybridized carbons (Fsp3) is 0.429. The van der Waals surface area contributed by atoms with Crippen LogP contribution in [0.3, 0.4) is 0 Å². The van der Waals surface area contributed by atoms with E-state index in [1.54, 1.807) is 33.2 Å². The Balaban J connectivity index is 1.18. The average molecular weight is 576 g/mol. The van der Waals surface area contributed by atoms with Gasteiger partial charge in [-0.05, 0) is 94.8 Å². The van der Waals surface area contributed by atoms with Gasteiger partial charge in [-0.15, -0.1) is 10.2 Å². The van der Waals surface area contributed by atoms with E-state index in [0.29, 0.717) is 53.9 Å². The molecule has 1 saturated heterocycles.